The van der Waals surface area contributed by atoms with Gasteiger partial charge in [-0.25, -0.2) is 4.79 Å². The molecule has 1 aromatic rings. The van der Waals surface area contributed by atoms with Gasteiger partial charge in [0.2, 0.25) is 5.91 Å². The lowest BCUT2D eigenvalue weighted by Gasteiger charge is -2.23. The molecule has 0 bridgehead atoms. The van der Waals surface area contributed by atoms with E-state index in [0.717, 1.165) is 24.8 Å². The van der Waals surface area contributed by atoms with Gasteiger partial charge in [0.15, 0.2) is 0 Å². The van der Waals surface area contributed by atoms with Crippen molar-refractivity contribution in [1.82, 2.24) is 4.90 Å². The van der Waals surface area contributed by atoms with Gasteiger partial charge in [-0.05, 0) is 49.3 Å². The van der Waals surface area contributed by atoms with Gasteiger partial charge in [-0.3, -0.25) is 4.79 Å². The Bertz CT molecular complexity index is 636. The van der Waals surface area contributed by atoms with Crippen LogP contribution in [0.4, 0.5) is 0 Å². The summed E-state index contributed by atoms with van der Waals surface area (Å²) in [6, 6.07) is 6.81. The first kappa shape index (κ1) is 20.2. The maximum atomic E-state index is 12.2. The Balaban J connectivity index is 1.89. The molecule has 0 radical (unpaired) electrons. The third-order valence-corrected chi connectivity index (χ3v) is 4.81. The summed E-state index contributed by atoms with van der Waals surface area (Å²) < 4.78 is 0. The van der Waals surface area contributed by atoms with Crippen molar-refractivity contribution in [3.63, 3.8) is 0 Å². The van der Waals surface area contributed by atoms with Crippen molar-refractivity contribution >= 4 is 11.9 Å². The molecule has 1 heterocycles. The average molecular weight is 359 g/mol. The number of benzene rings is 1. The standard InChI is InChI=1S/C21H29NO4/c1-15(2)3-10-19(23)11-8-18-9-12-20(24)22(18)14-13-16-4-6-17(7-5-16)21(25)26/h4-8,11,15,18-19,23H,3,9-10,12-14H2,1-2H3,(H,25,26). The quantitative estimate of drug-likeness (QED) is 0.663. The Labute approximate surface area is 155 Å². The largest absolute Gasteiger partial charge is 0.478 e. The number of aromatic carboxylic acids is 1. The highest BCUT2D eigenvalue weighted by atomic mass is 16.4. The maximum absolute atomic E-state index is 12.2. The summed E-state index contributed by atoms with van der Waals surface area (Å²) in [5.41, 5.74) is 1.27. The van der Waals surface area contributed by atoms with Crippen molar-refractivity contribution in [2.24, 2.45) is 5.92 Å². The Morgan fingerprint density at radius 2 is 1.96 bits per heavy atom. The molecule has 1 aliphatic heterocycles. The number of amides is 1. The summed E-state index contributed by atoms with van der Waals surface area (Å²) in [5.74, 6) is -0.235. The predicted octanol–water partition coefficient (Wildman–Crippen LogP) is 3.27. The molecule has 2 rings (SSSR count). The fourth-order valence-electron chi connectivity index (χ4n) is 3.17. The predicted molar refractivity (Wildman–Crippen MR) is 101 cm³/mol. The number of hydrogen-bond donors (Lipinski definition) is 2. The summed E-state index contributed by atoms with van der Waals surface area (Å²) in [6.07, 6.45) is 7.05. The van der Waals surface area contributed by atoms with Gasteiger partial charge in [0, 0.05) is 13.0 Å². The van der Waals surface area contributed by atoms with Gasteiger partial charge in [-0.2, -0.15) is 0 Å². The van der Waals surface area contributed by atoms with Gasteiger partial charge >= 0.3 is 5.97 Å². The van der Waals surface area contributed by atoms with Crippen molar-refractivity contribution in [3.8, 4) is 0 Å². The van der Waals surface area contributed by atoms with Crippen molar-refractivity contribution in [3.05, 3.63) is 47.5 Å². The Hall–Kier alpha value is -2.14. The zero-order valence-electron chi connectivity index (χ0n) is 15.6. The summed E-state index contributed by atoms with van der Waals surface area (Å²) in [6.45, 7) is 4.87. The zero-order valence-corrected chi connectivity index (χ0v) is 15.6. The van der Waals surface area contributed by atoms with E-state index in [0.29, 0.717) is 25.3 Å². The SMILES string of the molecule is CC(C)CCC(O)C=CC1CCC(=O)N1CCc1ccc(C(=O)O)cc1. The van der Waals surface area contributed by atoms with Crippen LogP contribution < -0.4 is 0 Å². The fourth-order valence-corrected chi connectivity index (χ4v) is 3.17. The van der Waals surface area contributed by atoms with Gasteiger partial charge < -0.3 is 15.1 Å². The third kappa shape index (κ3) is 5.99. The summed E-state index contributed by atoms with van der Waals surface area (Å²) in [5, 5.41) is 19.0. The molecular weight excluding hydrogens is 330 g/mol. The maximum Gasteiger partial charge on any atom is 0.335 e. The number of carbonyl (C=O) groups is 2. The van der Waals surface area contributed by atoms with Gasteiger partial charge in [-0.15, -0.1) is 0 Å². The number of rotatable bonds is 9. The van der Waals surface area contributed by atoms with Crippen molar-refractivity contribution in [1.29, 1.82) is 0 Å². The lowest BCUT2D eigenvalue weighted by atomic mass is 10.0. The normalized spacial score (nSPS) is 18.8. The molecule has 0 saturated carbocycles. The van der Waals surface area contributed by atoms with Crippen LogP contribution in [0.3, 0.4) is 0 Å². The van der Waals surface area contributed by atoms with Crippen LogP contribution in [0, 0.1) is 5.92 Å². The highest BCUT2D eigenvalue weighted by Gasteiger charge is 2.28. The molecule has 1 saturated heterocycles. The molecule has 26 heavy (non-hydrogen) atoms. The fraction of sp³-hybridized carbons (Fsp3) is 0.524. The first-order valence-electron chi connectivity index (χ1n) is 9.35. The van der Waals surface area contributed by atoms with E-state index in [-0.39, 0.29) is 17.5 Å². The van der Waals surface area contributed by atoms with E-state index in [2.05, 4.69) is 13.8 Å². The highest BCUT2D eigenvalue weighted by Crippen LogP contribution is 2.21. The first-order chi connectivity index (χ1) is 12.4. The molecule has 5 heteroatoms. The van der Waals surface area contributed by atoms with Gasteiger partial charge in [0.25, 0.3) is 0 Å². The van der Waals surface area contributed by atoms with E-state index in [4.69, 9.17) is 5.11 Å². The number of carboxylic acids is 1. The number of carboxylic acid groups (broad SMARTS) is 1. The number of hydrogen-bond acceptors (Lipinski definition) is 3. The molecule has 1 aliphatic rings. The molecule has 142 valence electrons. The van der Waals surface area contributed by atoms with Crippen LogP contribution in [-0.4, -0.2) is 45.7 Å². The minimum atomic E-state index is -0.938. The summed E-state index contributed by atoms with van der Waals surface area (Å²) >= 11 is 0. The van der Waals surface area contributed by atoms with E-state index in [1.165, 1.54) is 0 Å². The van der Waals surface area contributed by atoms with Gasteiger partial charge in [0.1, 0.15) is 0 Å². The Kier molecular flexibility index (Phi) is 7.39. The number of nitrogens with zero attached hydrogens (tertiary/aromatic N) is 1. The van der Waals surface area contributed by atoms with Crippen molar-refractivity contribution < 1.29 is 19.8 Å². The Morgan fingerprint density at radius 3 is 2.58 bits per heavy atom. The van der Waals surface area contributed by atoms with Gasteiger partial charge in [0.05, 0.1) is 17.7 Å². The van der Waals surface area contributed by atoms with E-state index in [9.17, 15) is 14.7 Å². The van der Waals surface area contributed by atoms with Crippen LogP contribution in [0.15, 0.2) is 36.4 Å². The lowest BCUT2D eigenvalue weighted by molar-refractivity contribution is -0.128. The minimum Gasteiger partial charge on any atom is -0.478 e. The number of carbonyl (C=O) groups excluding carboxylic acids is 1. The average Bonchev–Trinajstić information content (AvgIpc) is 2.96. The van der Waals surface area contributed by atoms with E-state index in [1.807, 2.05) is 17.1 Å². The van der Waals surface area contributed by atoms with Crippen LogP contribution in [0.2, 0.25) is 0 Å². The van der Waals surface area contributed by atoms with Crippen LogP contribution in [0.5, 0.6) is 0 Å². The van der Waals surface area contributed by atoms with Crippen LogP contribution >= 0.6 is 0 Å². The molecule has 0 aromatic heterocycles. The molecule has 5 nitrogen and oxygen atoms in total. The molecule has 2 atom stereocenters. The number of likely N-dealkylation sites (tertiary alicyclic amines) is 1. The molecule has 1 fully saturated rings. The van der Waals surface area contributed by atoms with Crippen LogP contribution in [-0.2, 0) is 11.2 Å². The third-order valence-electron chi connectivity index (χ3n) is 4.81. The summed E-state index contributed by atoms with van der Waals surface area (Å²) in [7, 11) is 0. The molecular formula is C21H29NO4. The lowest BCUT2D eigenvalue weighted by Crippen LogP contribution is -2.33. The molecule has 0 aliphatic carbocycles. The molecule has 2 unspecified atom stereocenters. The first-order valence-corrected chi connectivity index (χ1v) is 9.35. The monoisotopic (exact) mass is 359 g/mol. The van der Waals surface area contributed by atoms with E-state index >= 15 is 0 Å². The molecule has 1 amide bonds. The van der Waals surface area contributed by atoms with Crippen molar-refractivity contribution in [2.75, 3.05) is 6.54 Å². The smallest absolute Gasteiger partial charge is 0.335 e. The minimum absolute atomic E-state index is 0.0366. The topological polar surface area (TPSA) is 77.8 Å². The number of aliphatic hydroxyl groups is 1. The van der Waals surface area contributed by atoms with E-state index < -0.39 is 12.1 Å². The highest BCUT2D eigenvalue weighted by molar-refractivity contribution is 5.87. The summed E-state index contributed by atoms with van der Waals surface area (Å²) in [4.78, 5) is 24.9. The second kappa shape index (κ2) is 9.53. The molecule has 0 spiro atoms. The van der Waals surface area contributed by atoms with E-state index in [1.54, 1.807) is 24.3 Å². The Morgan fingerprint density at radius 1 is 1.27 bits per heavy atom. The zero-order chi connectivity index (χ0) is 19.1. The van der Waals surface area contributed by atoms with Crippen LogP contribution in [0.25, 0.3) is 0 Å². The molecule has 1 aromatic carbocycles. The second-order valence-electron chi connectivity index (χ2n) is 7.37. The van der Waals surface area contributed by atoms with Crippen molar-refractivity contribution in [2.45, 2.75) is 58.1 Å². The number of aliphatic hydroxyl groups excluding tert-OH is 1. The second-order valence-corrected chi connectivity index (χ2v) is 7.37. The molecule has 2 N–H and O–H groups in total. The van der Waals surface area contributed by atoms with Crippen LogP contribution in [0.1, 0.15) is 55.5 Å². The van der Waals surface area contributed by atoms with Gasteiger partial charge in [-0.1, -0.05) is 38.1 Å².